The Bertz CT molecular complexity index is 1020. The number of hydrogen-bond donors (Lipinski definition) is 1. The van der Waals surface area contributed by atoms with E-state index < -0.39 is 0 Å². The highest BCUT2D eigenvalue weighted by Crippen LogP contribution is 2.39. The molecule has 8 heteroatoms. The number of thiazole rings is 1. The minimum absolute atomic E-state index is 0.302. The summed E-state index contributed by atoms with van der Waals surface area (Å²) in [4.78, 5) is 17.5. The van der Waals surface area contributed by atoms with Crippen molar-refractivity contribution < 1.29 is 23.7 Å². The second-order valence-electron chi connectivity index (χ2n) is 6.97. The third kappa shape index (κ3) is 6.38. The van der Waals surface area contributed by atoms with E-state index in [1.165, 1.54) is 11.3 Å². The van der Waals surface area contributed by atoms with Crippen LogP contribution in [0.15, 0.2) is 41.8 Å². The van der Waals surface area contributed by atoms with Gasteiger partial charge in [0.2, 0.25) is 5.75 Å². The minimum atomic E-state index is -0.302. The zero-order valence-electron chi connectivity index (χ0n) is 19.5. The molecule has 0 aliphatic carbocycles. The highest BCUT2D eigenvalue weighted by molar-refractivity contribution is 7.14. The van der Waals surface area contributed by atoms with Crippen molar-refractivity contribution in [3.8, 4) is 34.3 Å². The van der Waals surface area contributed by atoms with Gasteiger partial charge in [0, 0.05) is 16.5 Å². The number of benzene rings is 2. The van der Waals surface area contributed by atoms with Crippen LogP contribution < -0.4 is 24.3 Å². The van der Waals surface area contributed by atoms with Crippen molar-refractivity contribution in [2.75, 3.05) is 31.7 Å². The van der Waals surface area contributed by atoms with E-state index in [-0.39, 0.29) is 5.91 Å². The number of anilines is 1. The first kappa shape index (κ1) is 24.4. The number of carbonyl (C=O) groups excluding carboxylic acids is 1. The van der Waals surface area contributed by atoms with Crippen LogP contribution in [0.3, 0.4) is 0 Å². The summed E-state index contributed by atoms with van der Waals surface area (Å²) in [6.45, 7) is 9.74. The van der Waals surface area contributed by atoms with Crippen LogP contribution in [-0.4, -0.2) is 37.3 Å². The van der Waals surface area contributed by atoms with Crippen molar-refractivity contribution in [1.82, 2.24) is 4.98 Å². The molecule has 0 saturated carbocycles. The van der Waals surface area contributed by atoms with Gasteiger partial charge in [0.15, 0.2) is 16.6 Å². The molecule has 2 aromatic carbocycles. The topological polar surface area (TPSA) is 78.9 Å². The van der Waals surface area contributed by atoms with Gasteiger partial charge < -0.3 is 18.9 Å². The predicted molar refractivity (Wildman–Crippen MR) is 131 cm³/mol. The molecule has 0 radical (unpaired) electrons. The summed E-state index contributed by atoms with van der Waals surface area (Å²) in [5.74, 6) is 1.97. The van der Waals surface area contributed by atoms with Crippen LogP contribution in [-0.2, 0) is 0 Å². The summed E-state index contributed by atoms with van der Waals surface area (Å²) in [6, 6.07) is 11.1. The summed E-state index contributed by atoms with van der Waals surface area (Å²) in [7, 11) is 0. The van der Waals surface area contributed by atoms with Gasteiger partial charge in [-0.15, -0.1) is 11.3 Å². The van der Waals surface area contributed by atoms with Gasteiger partial charge in [-0.3, -0.25) is 10.1 Å². The maximum absolute atomic E-state index is 13.0. The van der Waals surface area contributed by atoms with E-state index in [9.17, 15) is 4.79 Å². The van der Waals surface area contributed by atoms with Crippen molar-refractivity contribution in [2.24, 2.45) is 0 Å². The molecule has 0 saturated heterocycles. The van der Waals surface area contributed by atoms with E-state index >= 15 is 0 Å². The quantitative estimate of drug-likeness (QED) is 0.347. The van der Waals surface area contributed by atoms with E-state index in [0.29, 0.717) is 54.4 Å². The van der Waals surface area contributed by atoms with Crippen molar-refractivity contribution >= 4 is 22.4 Å². The first-order valence-electron chi connectivity index (χ1n) is 11.2. The maximum atomic E-state index is 13.0. The Morgan fingerprint density at radius 2 is 1.55 bits per heavy atom. The third-order valence-electron chi connectivity index (χ3n) is 4.52. The van der Waals surface area contributed by atoms with Crippen molar-refractivity contribution in [2.45, 2.75) is 34.1 Å². The molecule has 0 bridgehead atoms. The average molecular weight is 471 g/mol. The second kappa shape index (κ2) is 12.1. The Labute approximate surface area is 198 Å². The molecule has 0 fully saturated rings. The zero-order valence-corrected chi connectivity index (χ0v) is 20.3. The molecule has 3 rings (SSSR count). The highest BCUT2D eigenvalue weighted by Gasteiger charge is 2.19. The number of rotatable bonds is 12. The monoisotopic (exact) mass is 470 g/mol. The van der Waals surface area contributed by atoms with E-state index in [1.54, 1.807) is 12.1 Å². The first-order valence-corrected chi connectivity index (χ1v) is 12.0. The van der Waals surface area contributed by atoms with Crippen LogP contribution in [0, 0.1) is 0 Å². The number of carbonyl (C=O) groups is 1. The van der Waals surface area contributed by atoms with Crippen LogP contribution in [0.25, 0.3) is 11.3 Å². The second-order valence-corrected chi connectivity index (χ2v) is 7.82. The SMILES string of the molecule is CCCOc1ccc(-c2csc(NC(=O)c3cc(OCC)c(OCC)c(OCC)c3)n2)cc1. The Hall–Kier alpha value is -3.26. The van der Waals surface area contributed by atoms with Crippen LogP contribution in [0.2, 0.25) is 0 Å². The number of nitrogens with zero attached hydrogens (tertiary/aromatic N) is 1. The molecule has 0 atom stereocenters. The molecule has 1 amide bonds. The average Bonchev–Trinajstić information content (AvgIpc) is 3.28. The Kier molecular flexibility index (Phi) is 8.95. The lowest BCUT2D eigenvalue weighted by atomic mass is 10.1. The van der Waals surface area contributed by atoms with Crippen LogP contribution >= 0.6 is 11.3 Å². The number of ether oxygens (including phenoxy) is 4. The summed E-state index contributed by atoms with van der Waals surface area (Å²) < 4.78 is 22.7. The molecule has 1 N–H and O–H groups in total. The molecular formula is C25H30N2O5S. The van der Waals surface area contributed by atoms with Crippen LogP contribution in [0.1, 0.15) is 44.5 Å². The molecular weight excluding hydrogens is 440 g/mol. The van der Waals surface area contributed by atoms with Crippen LogP contribution in [0.5, 0.6) is 23.0 Å². The van der Waals surface area contributed by atoms with Gasteiger partial charge in [0.25, 0.3) is 5.91 Å². The van der Waals surface area contributed by atoms with Crippen molar-refractivity contribution in [1.29, 1.82) is 0 Å². The predicted octanol–water partition coefficient (Wildman–Crippen LogP) is 6.05. The Balaban J connectivity index is 1.78. The number of amides is 1. The normalized spacial score (nSPS) is 10.5. The lowest BCUT2D eigenvalue weighted by Gasteiger charge is -2.16. The van der Waals surface area contributed by atoms with Gasteiger partial charge in [0.05, 0.1) is 32.1 Å². The molecule has 7 nitrogen and oxygen atoms in total. The van der Waals surface area contributed by atoms with Crippen LogP contribution in [0.4, 0.5) is 5.13 Å². The fourth-order valence-corrected chi connectivity index (χ4v) is 3.81. The fraction of sp³-hybridized carbons (Fsp3) is 0.360. The molecule has 0 unspecified atom stereocenters. The van der Waals surface area contributed by atoms with E-state index in [1.807, 2.05) is 50.4 Å². The minimum Gasteiger partial charge on any atom is -0.494 e. The molecule has 1 heterocycles. The molecule has 176 valence electrons. The molecule has 0 aliphatic rings. The van der Waals surface area contributed by atoms with E-state index in [4.69, 9.17) is 18.9 Å². The van der Waals surface area contributed by atoms with Gasteiger partial charge in [-0.05, 0) is 63.6 Å². The van der Waals surface area contributed by atoms with E-state index in [0.717, 1.165) is 23.4 Å². The highest BCUT2D eigenvalue weighted by atomic mass is 32.1. The van der Waals surface area contributed by atoms with Crippen molar-refractivity contribution in [3.05, 3.63) is 47.3 Å². The third-order valence-corrected chi connectivity index (χ3v) is 5.28. The molecule has 0 spiro atoms. The standard InChI is InChI=1S/C25H30N2O5S/c1-5-13-32-19-11-9-17(10-12-19)20-16-33-25(26-20)27-24(28)18-14-21(29-6-2)23(31-8-4)22(15-18)30-7-3/h9-12,14-16H,5-8,13H2,1-4H3,(H,26,27,28). The molecule has 0 aliphatic heterocycles. The van der Waals surface area contributed by atoms with E-state index in [2.05, 4.69) is 17.2 Å². The lowest BCUT2D eigenvalue weighted by Crippen LogP contribution is -2.13. The van der Waals surface area contributed by atoms with Gasteiger partial charge in [-0.1, -0.05) is 6.92 Å². The fourth-order valence-electron chi connectivity index (χ4n) is 3.09. The number of aromatic nitrogens is 1. The number of nitrogens with one attached hydrogen (secondary N) is 1. The lowest BCUT2D eigenvalue weighted by molar-refractivity contribution is 0.102. The number of hydrogen-bond acceptors (Lipinski definition) is 7. The summed E-state index contributed by atoms with van der Waals surface area (Å²) in [5, 5.41) is 5.28. The van der Waals surface area contributed by atoms with Gasteiger partial charge >= 0.3 is 0 Å². The summed E-state index contributed by atoms with van der Waals surface area (Å²) >= 11 is 1.36. The molecule has 33 heavy (non-hydrogen) atoms. The van der Waals surface area contributed by atoms with Gasteiger partial charge in [0.1, 0.15) is 5.75 Å². The molecule has 1 aromatic heterocycles. The summed E-state index contributed by atoms with van der Waals surface area (Å²) in [6.07, 6.45) is 0.962. The Morgan fingerprint density at radius 3 is 2.12 bits per heavy atom. The smallest absolute Gasteiger partial charge is 0.257 e. The van der Waals surface area contributed by atoms with Gasteiger partial charge in [-0.2, -0.15) is 0 Å². The maximum Gasteiger partial charge on any atom is 0.257 e. The molecule has 3 aromatic rings. The largest absolute Gasteiger partial charge is 0.494 e. The Morgan fingerprint density at radius 1 is 0.909 bits per heavy atom. The zero-order chi connectivity index (χ0) is 23.6. The van der Waals surface area contributed by atoms with Crippen molar-refractivity contribution in [3.63, 3.8) is 0 Å². The van der Waals surface area contributed by atoms with Gasteiger partial charge in [-0.25, -0.2) is 4.98 Å². The first-order chi connectivity index (χ1) is 16.1. The summed E-state index contributed by atoms with van der Waals surface area (Å²) in [5.41, 5.74) is 2.14.